The molecule has 342 valence electrons. The van der Waals surface area contributed by atoms with Crippen molar-refractivity contribution in [1.29, 1.82) is 0 Å². The molecule has 3 atom stereocenters. The maximum Gasteiger partial charge on any atom is 0.472 e. The summed E-state index contributed by atoms with van der Waals surface area (Å²) >= 11 is 0. The number of aliphatic hydroxyl groups is 2. The van der Waals surface area contributed by atoms with Crippen LogP contribution in [0.25, 0.3) is 0 Å². The molecule has 0 rings (SSSR count). The first-order valence-electron chi connectivity index (χ1n) is 23.8. The first kappa shape index (κ1) is 56.5. The summed E-state index contributed by atoms with van der Waals surface area (Å²) in [4.78, 5) is 35.0. The van der Waals surface area contributed by atoms with Gasteiger partial charge < -0.3 is 24.6 Å². The van der Waals surface area contributed by atoms with Crippen molar-refractivity contribution in [3.63, 3.8) is 0 Å². The Bertz CT molecular complexity index is 1020. The van der Waals surface area contributed by atoms with Gasteiger partial charge in [-0.1, -0.05) is 205 Å². The number of rotatable bonds is 45. The van der Waals surface area contributed by atoms with E-state index in [9.17, 15) is 24.2 Å². The van der Waals surface area contributed by atoms with Gasteiger partial charge >= 0.3 is 19.8 Å². The topological polar surface area (TPSA) is 149 Å². The van der Waals surface area contributed by atoms with Crippen molar-refractivity contribution in [2.24, 2.45) is 0 Å². The van der Waals surface area contributed by atoms with Crippen LogP contribution in [0, 0.1) is 0 Å². The van der Waals surface area contributed by atoms with E-state index in [-0.39, 0.29) is 19.4 Å². The minimum absolute atomic E-state index is 0.0812. The average Bonchev–Trinajstić information content (AvgIpc) is 3.21. The molecule has 0 radical (unpaired) electrons. The molecular weight excluding hydrogens is 755 g/mol. The lowest BCUT2D eigenvalue weighted by atomic mass is 10.0. The molecule has 0 fully saturated rings. The molecular formula is C47H89O10P. The Labute approximate surface area is 355 Å². The Morgan fingerprint density at radius 3 is 1.40 bits per heavy atom. The zero-order chi connectivity index (χ0) is 42.6. The van der Waals surface area contributed by atoms with Crippen molar-refractivity contribution in [2.75, 3.05) is 26.4 Å². The van der Waals surface area contributed by atoms with Gasteiger partial charge in [0.25, 0.3) is 0 Å². The Morgan fingerprint density at radius 2 is 0.931 bits per heavy atom. The molecule has 0 aliphatic heterocycles. The Kier molecular flexibility index (Phi) is 42.4. The monoisotopic (exact) mass is 845 g/mol. The van der Waals surface area contributed by atoms with Crippen molar-refractivity contribution in [3.8, 4) is 0 Å². The largest absolute Gasteiger partial charge is 0.472 e. The second-order valence-electron chi connectivity index (χ2n) is 16.1. The molecule has 0 aromatic rings. The van der Waals surface area contributed by atoms with E-state index < -0.39 is 51.8 Å². The second-order valence-corrected chi connectivity index (χ2v) is 17.6. The molecule has 58 heavy (non-hydrogen) atoms. The molecule has 0 saturated heterocycles. The van der Waals surface area contributed by atoms with Crippen molar-refractivity contribution >= 4 is 19.8 Å². The van der Waals surface area contributed by atoms with Crippen LogP contribution in [-0.2, 0) is 32.7 Å². The predicted molar refractivity (Wildman–Crippen MR) is 238 cm³/mol. The van der Waals surface area contributed by atoms with E-state index in [1.54, 1.807) is 0 Å². The molecule has 11 heteroatoms. The van der Waals surface area contributed by atoms with Crippen molar-refractivity contribution < 1.29 is 47.8 Å². The highest BCUT2D eigenvalue weighted by molar-refractivity contribution is 7.47. The van der Waals surface area contributed by atoms with E-state index in [2.05, 4.69) is 30.5 Å². The first-order chi connectivity index (χ1) is 28.2. The maximum atomic E-state index is 12.6. The minimum atomic E-state index is -4.63. The van der Waals surface area contributed by atoms with Crippen LogP contribution in [0.3, 0.4) is 0 Å². The van der Waals surface area contributed by atoms with Crippen molar-refractivity contribution in [2.45, 2.75) is 238 Å². The smallest absolute Gasteiger partial charge is 0.462 e. The van der Waals surface area contributed by atoms with Gasteiger partial charge in [-0.3, -0.25) is 18.6 Å². The number of unbranched alkanes of at least 4 members (excludes halogenated alkanes) is 27. The standard InChI is InChI=1S/C47H89O10P/c1-3-5-7-9-11-13-15-17-18-19-20-21-22-23-24-25-27-28-30-32-34-36-38-46(50)54-42-45(43-56-58(52,53)55-41-44(49)40-48)57-47(51)39-37-35-33-31-29-26-16-14-12-10-8-6-4-2/h26,29,33,35,44-45,48-49H,3-25,27-28,30-32,34,36-43H2,1-2H3,(H,52,53)/b29-26+,35-33+/t44-,45?/m1/s1. The van der Waals surface area contributed by atoms with E-state index in [1.165, 1.54) is 154 Å². The summed E-state index contributed by atoms with van der Waals surface area (Å²) in [6.45, 7) is 2.34. The molecule has 0 heterocycles. The van der Waals surface area contributed by atoms with Crippen LogP contribution in [0.2, 0.25) is 0 Å². The molecule has 0 aliphatic carbocycles. The van der Waals surface area contributed by atoms with Crippen molar-refractivity contribution in [1.82, 2.24) is 0 Å². The summed E-state index contributed by atoms with van der Waals surface area (Å²) in [5, 5.41) is 18.3. The van der Waals surface area contributed by atoms with Crippen LogP contribution >= 0.6 is 7.82 Å². The fourth-order valence-electron chi connectivity index (χ4n) is 6.70. The van der Waals surface area contributed by atoms with Crippen LogP contribution < -0.4 is 0 Å². The number of esters is 2. The van der Waals surface area contributed by atoms with E-state index in [4.69, 9.17) is 19.1 Å². The summed E-state index contributed by atoms with van der Waals surface area (Å²) < 4.78 is 32.7. The number of carbonyl (C=O) groups is 2. The molecule has 3 N–H and O–H groups in total. The molecule has 0 saturated carbocycles. The molecule has 0 amide bonds. The van der Waals surface area contributed by atoms with Gasteiger partial charge in [0, 0.05) is 12.8 Å². The van der Waals surface area contributed by atoms with Crippen LogP contribution in [0.15, 0.2) is 24.3 Å². The third-order valence-electron chi connectivity index (χ3n) is 10.4. The number of aliphatic hydroxyl groups excluding tert-OH is 2. The van der Waals surface area contributed by atoms with Gasteiger partial charge in [0.1, 0.15) is 12.7 Å². The Morgan fingerprint density at radius 1 is 0.517 bits per heavy atom. The van der Waals surface area contributed by atoms with Crippen LogP contribution in [-0.4, -0.2) is 65.7 Å². The highest BCUT2D eigenvalue weighted by atomic mass is 31.2. The molecule has 0 aromatic heterocycles. The van der Waals surface area contributed by atoms with E-state index in [0.717, 1.165) is 32.1 Å². The number of hydrogen-bond acceptors (Lipinski definition) is 9. The van der Waals surface area contributed by atoms with Crippen LogP contribution in [0.1, 0.15) is 226 Å². The lowest BCUT2D eigenvalue weighted by Crippen LogP contribution is -2.29. The molecule has 0 bridgehead atoms. The lowest BCUT2D eigenvalue weighted by Gasteiger charge is -2.20. The number of phosphoric ester groups is 1. The maximum absolute atomic E-state index is 12.6. The number of ether oxygens (including phenoxy) is 2. The summed E-state index contributed by atoms with van der Waals surface area (Å²) in [5.74, 6) is -0.993. The Hall–Kier alpha value is -1.55. The number of hydrogen-bond donors (Lipinski definition) is 3. The quantitative estimate of drug-likeness (QED) is 0.0234. The number of carbonyl (C=O) groups excluding carboxylic acids is 2. The zero-order valence-corrected chi connectivity index (χ0v) is 38.2. The van der Waals surface area contributed by atoms with Gasteiger partial charge in [-0.2, -0.15) is 0 Å². The summed E-state index contributed by atoms with van der Waals surface area (Å²) in [5.41, 5.74) is 0. The number of allylic oxidation sites excluding steroid dienone is 4. The van der Waals surface area contributed by atoms with Gasteiger partial charge in [0.05, 0.1) is 19.8 Å². The molecule has 0 spiro atoms. The molecule has 10 nitrogen and oxygen atoms in total. The normalized spacial score (nSPS) is 13.9. The zero-order valence-electron chi connectivity index (χ0n) is 37.3. The first-order valence-corrected chi connectivity index (χ1v) is 25.3. The van der Waals surface area contributed by atoms with E-state index >= 15 is 0 Å². The third kappa shape index (κ3) is 42.6. The van der Waals surface area contributed by atoms with Gasteiger partial charge in [0.15, 0.2) is 6.10 Å². The van der Waals surface area contributed by atoms with Gasteiger partial charge in [0.2, 0.25) is 0 Å². The van der Waals surface area contributed by atoms with E-state index in [0.29, 0.717) is 12.8 Å². The predicted octanol–water partition coefficient (Wildman–Crippen LogP) is 13.0. The molecule has 2 unspecified atom stereocenters. The fraction of sp³-hybridized carbons (Fsp3) is 0.872. The van der Waals surface area contributed by atoms with Gasteiger partial charge in [-0.15, -0.1) is 0 Å². The Balaban J connectivity index is 4.17. The lowest BCUT2D eigenvalue weighted by molar-refractivity contribution is -0.161. The fourth-order valence-corrected chi connectivity index (χ4v) is 7.48. The van der Waals surface area contributed by atoms with E-state index in [1.807, 2.05) is 12.2 Å². The van der Waals surface area contributed by atoms with Crippen LogP contribution in [0.5, 0.6) is 0 Å². The molecule has 0 aromatic carbocycles. The SMILES string of the molecule is CCCCCCCC/C=C/C/C=C/CCC(=O)OC(COC(=O)CCCCCCCCCCCCCCCCCCCCCCCC)COP(=O)(O)OC[C@H](O)CO. The second kappa shape index (κ2) is 43.5. The van der Waals surface area contributed by atoms with Gasteiger partial charge in [-0.05, 0) is 32.1 Å². The summed E-state index contributed by atoms with van der Waals surface area (Å²) in [7, 11) is -4.63. The highest BCUT2D eigenvalue weighted by Gasteiger charge is 2.27. The summed E-state index contributed by atoms with van der Waals surface area (Å²) in [6.07, 6.45) is 44.6. The minimum Gasteiger partial charge on any atom is -0.462 e. The van der Waals surface area contributed by atoms with Crippen molar-refractivity contribution in [3.05, 3.63) is 24.3 Å². The highest BCUT2D eigenvalue weighted by Crippen LogP contribution is 2.43. The van der Waals surface area contributed by atoms with Crippen LogP contribution in [0.4, 0.5) is 0 Å². The number of phosphoric acid groups is 1. The van der Waals surface area contributed by atoms with Gasteiger partial charge in [-0.25, -0.2) is 4.57 Å². The summed E-state index contributed by atoms with van der Waals surface area (Å²) in [6, 6.07) is 0. The molecule has 0 aliphatic rings. The third-order valence-corrected chi connectivity index (χ3v) is 11.3. The average molecular weight is 845 g/mol.